The lowest BCUT2D eigenvalue weighted by atomic mass is 10.1. The highest BCUT2D eigenvalue weighted by Gasteiger charge is 2.36. The normalized spacial score (nSPS) is 15.8. The summed E-state index contributed by atoms with van der Waals surface area (Å²) < 4.78 is 17.2. The maximum atomic E-state index is 12.8. The topological polar surface area (TPSA) is 96.6 Å². The molecule has 3 aromatic rings. The lowest BCUT2D eigenvalue weighted by Crippen LogP contribution is -2.35. The number of hydrazone groups is 1. The number of amides is 1. The van der Waals surface area contributed by atoms with Crippen molar-refractivity contribution in [1.82, 2.24) is 5.01 Å². The van der Waals surface area contributed by atoms with Crippen LogP contribution in [0.3, 0.4) is 0 Å². The number of ether oxygens (including phenoxy) is 3. The minimum absolute atomic E-state index is 0.0243. The zero-order chi connectivity index (χ0) is 26.6. The average molecular weight is 527 g/mol. The number of nitrogens with zero attached hydrogens (tertiary/aromatic N) is 3. The van der Waals surface area contributed by atoms with Gasteiger partial charge in [-0.1, -0.05) is 48.5 Å². The van der Waals surface area contributed by atoms with E-state index in [1.807, 2.05) is 62.4 Å². The summed E-state index contributed by atoms with van der Waals surface area (Å²) in [5.74, 6) is 1.37. The lowest BCUT2D eigenvalue weighted by molar-refractivity contribution is -0.114. The van der Waals surface area contributed by atoms with Crippen LogP contribution in [0.5, 0.6) is 17.2 Å². The summed E-state index contributed by atoms with van der Waals surface area (Å²) >= 11 is 1.28. The van der Waals surface area contributed by atoms with Gasteiger partial charge in [-0.25, -0.2) is 0 Å². The maximum Gasteiger partial charge on any atom is 0.283 e. The van der Waals surface area contributed by atoms with Gasteiger partial charge in [0.15, 0.2) is 17.3 Å². The van der Waals surface area contributed by atoms with Crippen molar-refractivity contribution in [2.24, 2.45) is 10.1 Å². The third kappa shape index (κ3) is 5.19. The summed E-state index contributed by atoms with van der Waals surface area (Å²) in [4.78, 5) is 17.0. The quantitative estimate of drug-likeness (QED) is 0.310. The Morgan fingerprint density at radius 1 is 0.921 bits per heavy atom. The fourth-order valence-electron chi connectivity index (χ4n) is 4.00. The lowest BCUT2D eigenvalue weighted by Gasteiger charge is -2.20. The number of aliphatic imine (C=N–C) groups is 1. The predicted octanol–water partition coefficient (Wildman–Crippen LogP) is 5.44. The van der Waals surface area contributed by atoms with Gasteiger partial charge in [0, 0.05) is 5.56 Å². The Balaban J connectivity index is 1.30. The van der Waals surface area contributed by atoms with Crippen LogP contribution >= 0.6 is 11.8 Å². The third-order valence-corrected chi connectivity index (χ3v) is 6.96. The molecule has 1 N–H and O–H groups in total. The number of hydrogen-bond acceptors (Lipinski definition) is 7. The zero-order valence-corrected chi connectivity index (χ0v) is 22.0. The van der Waals surface area contributed by atoms with Crippen molar-refractivity contribution in [2.75, 3.05) is 20.3 Å². The van der Waals surface area contributed by atoms with Crippen molar-refractivity contribution in [3.05, 3.63) is 94.6 Å². The van der Waals surface area contributed by atoms with Crippen molar-refractivity contribution in [2.45, 2.75) is 13.8 Å². The molecule has 1 amide bonds. The van der Waals surface area contributed by atoms with E-state index in [2.05, 4.69) is 10.1 Å². The molecular weight excluding hydrogens is 500 g/mol. The summed E-state index contributed by atoms with van der Waals surface area (Å²) in [6, 6.07) is 21.0. The Labute approximate surface area is 225 Å². The molecule has 38 heavy (non-hydrogen) atoms. The molecule has 0 atom stereocenters. The standard InChI is InChI=1S/C29H26N4O4S/c1-18-8-4-6-10-21(18)28-32-33-26(30)22(27(34)31-29(33)38-28)16-20-12-13-24(25(17-20)35-3)37-15-14-36-23-11-7-5-9-19(23)2/h4-13,16-17,30H,14-15H2,1-3H3/b22-16-,30-26?. The van der Waals surface area contributed by atoms with Crippen LogP contribution in [0, 0.1) is 19.3 Å². The maximum absolute atomic E-state index is 12.8. The first-order chi connectivity index (χ1) is 18.4. The number of amidine groups is 2. The number of hydrogen-bond donors (Lipinski definition) is 1. The minimum Gasteiger partial charge on any atom is -0.493 e. The first-order valence-electron chi connectivity index (χ1n) is 12.0. The molecule has 0 bridgehead atoms. The number of aryl methyl sites for hydroxylation is 2. The molecule has 8 nitrogen and oxygen atoms in total. The fraction of sp³-hybridized carbons (Fsp3) is 0.172. The van der Waals surface area contributed by atoms with E-state index in [0.717, 1.165) is 22.4 Å². The highest BCUT2D eigenvalue weighted by Crippen LogP contribution is 2.33. The second-order valence-electron chi connectivity index (χ2n) is 8.61. The van der Waals surface area contributed by atoms with Gasteiger partial charge in [-0.15, -0.1) is 0 Å². The Morgan fingerprint density at radius 3 is 2.37 bits per heavy atom. The number of thioether (sulfide) groups is 1. The van der Waals surface area contributed by atoms with E-state index in [1.165, 1.54) is 16.8 Å². The predicted molar refractivity (Wildman–Crippen MR) is 150 cm³/mol. The average Bonchev–Trinajstić information content (AvgIpc) is 3.34. The molecule has 192 valence electrons. The number of fused-ring (bicyclic) bond motifs is 1. The van der Waals surface area contributed by atoms with E-state index in [9.17, 15) is 4.79 Å². The summed E-state index contributed by atoms with van der Waals surface area (Å²) in [6.07, 6.45) is 1.62. The Bertz CT molecular complexity index is 1510. The van der Waals surface area contributed by atoms with Gasteiger partial charge >= 0.3 is 0 Å². The van der Waals surface area contributed by atoms with Crippen molar-refractivity contribution in [3.8, 4) is 17.2 Å². The first-order valence-corrected chi connectivity index (χ1v) is 12.8. The third-order valence-electron chi connectivity index (χ3n) is 6.02. The molecule has 0 fully saturated rings. The molecule has 0 unspecified atom stereocenters. The molecule has 0 aliphatic carbocycles. The number of rotatable bonds is 8. The van der Waals surface area contributed by atoms with E-state index in [0.29, 0.717) is 40.5 Å². The van der Waals surface area contributed by atoms with Crippen molar-refractivity contribution in [3.63, 3.8) is 0 Å². The highest BCUT2D eigenvalue weighted by atomic mass is 32.2. The minimum atomic E-state index is -0.484. The van der Waals surface area contributed by atoms with E-state index in [4.69, 9.17) is 19.6 Å². The van der Waals surface area contributed by atoms with Crippen LogP contribution in [-0.2, 0) is 4.79 Å². The molecule has 3 aromatic carbocycles. The highest BCUT2D eigenvalue weighted by molar-refractivity contribution is 8.27. The van der Waals surface area contributed by atoms with Crippen LogP contribution in [0.2, 0.25) is 0 Å². The molecular formula is C29H26N4O4S. The summed E-state index contributed by atoms with van der Waals surface area (Å²) in [5.41, 5.74) is 3.89. The molecule has 5 rings (SSSR count). The first kappa shape index (κ1) is 25.3. The van der Waals surface area contributed by atoms with Crippen LogP contribution in [-0.4, -0.2) is 47.3 Å². The summed E-state index contributed by atoms with van der Waals surface area (Å²) in [6.45, 7) is 4.70. The van der Waals surface area contributed by atoms with E-state index in [-0.39, 0.29) is 11.4 Å². The molecule has 0 radical (unpaired) electrons. The number of methoxy groups -OCH3 is 1. The van der Waals surface area contributed by atoms with Gasteiger partial charge in [-0.05, 0) is 66.6 Å². The van der Waals surface area contributed by atoms with E-state index < -0.39 is 5.91 Å². The Morgan fingerprint density at radius 2 is 1.63 bits per heavy atom. The molecule has 0 spiro atoms. The molecule has 0 aromatic heterocycles. The van der Waals surface area contributed by atoms with Gasteiger partial charge in [-0.3, -0.25) is 10.2 Å². The van der Waals surface area contributed by atoms with Gasteiger partial charge in [0.2, 0.25) is 5.17 Å². The molecule has 2 heterocycles. The van der Waals surface area contributed by atoms with Crippen molar-refractivity contribution < 1.29 is 19.0 Å². The summed E-state index contributed by atoms with van der Waals surface area (Å²) in [5, 5.41) is 15.7. The van der Waals surface area contributed by atoms with Crippen LogP contribution in [0.4, 0.5) is 0 Å². The molecule has 9 heteroatoms. The second kappa shape index (κ2) is 10.9. The SMILES string of the molecule is COc1cc(/C=C2/C(=N)N3N=C(c4ccccc4C)SC3=NC2=O)ccc1OCCOc1ccccc1C. The van der Waals surface area contributed by atoms with Crippen molar-refractivity contribution in [1.29, 1.82) is 5.41 Å². The number of para-hydroxylation sites is 1. The van der Waals surface area contributed by atoms with E-state index >= 15 is 0 Å². The number of nitrogens with one attached hydrogen (secondary N) is 1. The van der Waals surface area contributed by atoms with Gasteiger partial charge < -0.3 is 14.2 Å². The zero-order valence-electron chi connectivity index (χ0n) is 21.2. The van der Waals surface area contributed by atoms with Crippen LogP contribution in [0.15, 0.2) is 82.4 Å². The van der Waals surface area contributed by atoms with Crippen LogP contribution in [0.1, 0.15) is 22.3 Å². The molecule has 2 aliphatic heterocycles. The monoisotopic (exact) mass is 526 g/mol. The summed E-state index contributed by atoms with van der Waals surface area (Å²) in [7, 11) is 1.55. The van der Waals surface area contributed by atoms with Crippen LogP contribution < -0.4 is 14.2 Å². The number of carbonyl (C=O) groups excluding carboxylic acids is 1. The second-order valence-corrected chi connectivity index (χ2v) is 9.57. The van der Waals surface area contributed by atoms with Gasteiger partial charge in [0.05, 0.1) is 12.7 Å². The number of carbonyl (C=O) groups is 1. The Kier molecular flexibility index (Phi) is 7.28. The smallest absolute Gasteiger partial charge is 0.283 e. The molecule has 0 saturated carbocycles. The van der Waals surface area contributed by atoms with Crippen molar-refractivity contribution >= 4 is 39.8 Å². The van der Waals surface area contributed by atoms with Gasteiger partial charge in [0.25, 0.3) is 5.91 Å². The Hall–Kier alpha value is -4.37. The van der Waals surface area contributed by atoms with Gasteiger partial charge in [0.1, 0.15) is 24.0 Å². The van der Waals surface area contributed by atoms with Crippen LogP contribution in [0.25, 0.3) is 6.08 Å². The molecule has 0 saturated heterocycles. The fourth-order valence-corrected chi connectivity index (χ4v) is 4.98. The van der Waals surface area contributed by atoms with E-state index in [1.54, 1.807) is 31.4 Å². The van der Waals surface area contributed by atoms with Gasteiger partial charge in [-0.2, -0.15) is 15.1 Å². The largest absolute Gasteiger partial charge is 0.493 e. The molecule has 2 aliphatic rings. The number of benzene rings is 3.